The summed E-state index contributed by atoms with van der Waals surface area (Å²) in [7, 11) is 0. The van der Waals surface area contributed by atoms with Gasteiger partial charge in [0, 0.05) is 50.1 Å². The first-order chi connectivity index (χ1) is 59.4. The molecule has 120 heavy (non-hydrogen) atoms. The SMILES string of the molecule is c1ccc(-c2nc(-c3ccc4ccccc4c3)nc(-c3ccc4ccc5c6ccccc6ccc5c4c3)n2)cc1.c1ccc(-c2nc(-c3ccccc3)nc(-c3ccc4ccc5c6ccccc6ccc5c4c3)n2)cc1.c1ccc2cc(-c3nc(-c4ccc5ccccc5c4)nc(-c4ccc5ccc6c7ccccc7ccc6c5c4)n3)ccc2c1. The van der Waals surface area contributed by atoms with E-state index in [0.717, 1.165) is 66.2 Å². The fraction of sp³-hybridized carbons (Fsp3) is 0. The number of fused-ring (bicyclic) bond motifs is 18. The van der Waals surface area contributed by atoms with Gasteiger partial charge in [-0.05, 0) is 166 Å². The maximum Gasteiger partial charge on any atom is 0.164 e. The first-order valence-electron chi connectivity index (χ1n) is 40.4. The Morgan fingerprint density at radius 2 is 0.258 bits per heavy atom. The molecule has 558 valence electrons. The van der Waals surface area contributed by atoms with E-state index >= 15 is 0 Å². The molecule has 0 unspecified atom stereocenters. The predicted molar refractivity (Wildman–Crippen MR) is 498 cm³/mol. The van der Waals surface area contributed by atoms with E-state index in [1.807, 2.05) is 91.0 Å². The summed E-state index contributed by atoms with van der Waals surface area (Å²) < 4.78 is 0. The maximum absolute atomic E-state index is 5.08. The first kappa shape index (κ1) is 70.4. The number of benzene rings is 21. The lowest BCUT2D eigenvalue weighted by Gasteiger charge is -2.11. The molecule has 0 radical (unpaired) electrons. The Morgan fingerprint density at radius 1 is 0.0917 bits per heavy atom. The van der Waals surface area contributed by atoms with Gasteiger partial charge in [0.05, 0.1) is 0 Å². The minimum atomic E-state index is 0.658. The quantitative estimate of drug-likeness (QED) is 0.130. The lowest BCUT2D eigenvalue weighted by molar-refractivity contribution is 1.07. The number of hydrogen-bond acceptors (Lipinski definition) is 9. The molecule has 24 aromatic rings. The summed E-state index contributed by atoms with van der Waals surface area (Å²) in [4.78, 5) is 44.8. The molecule has 0 aliphatic rings. The van der Waals surface area contributed by atoms with Gasteiger partial charge in [0.2, 0.25) is 0 Å². The van der Waals surface area contributed by atoms with Crippen LogP contribution in [0.25, 0.3) is 232 Å². The Hall–Kier alpha value is -16.2. The Morgan fingerprint density at radius 3 is 0.508 bits per heavy atom. The van der Waals surface area contributed by atoms with Crippen LogP contribution >= 0.6 is 0 Å². The molecular weight excluding hydrogens is 1460 g/mol. The molecule has 3 aromatic heterocycles. The van der Waals surface area contributed by atoms with Crippen LogP contribution in [-0.2, 0) is 0 Å². The van der Waals surface area contributed by atoms with Crippen LogP contribution in [0.4, 0.5) is 0 Å². The van der Waals surface area contributed by atoms with Crippen molar-refractivity contribution in [3.63, 3.8) is 0 Å². The van der Waals surface area contributed by atoms with E-state index < -0.39 is 0 Å². The second-order valence-corrected chi connectivity index (χ2v) is 30.4. The monoisotopic (exact) mass is 1530 g/mol. The summed E-state index contributed by atoms with van der Waals surface area (Å²) in [6.45, 7) is 0. The van der Waals surface area contributed by atoms with Crippen LogP contribution in [0.1, 0.15) is 0 Å². The second kappa shape index (κ2) is 30.2. The summed E-state index contributed by atoms with van der Waals surface area (Å²) in [6.07, 6.45) is 0. The predicted octanol–water partition coefficient (Wildman–Crippen LogP) is 28.5. The highest BCUT2D eigenvalue weighted by atomic mass is 15.1. The summed E-state index contributed by atoms with van der Waals surface area (Å²) in [5.41, 5.74) is 8.70. The van der Waals surface area contributed by atoms with Gasteiger partial charge < -0.3 is 0 Å². The third-order valence-electron chi connectivity index (χ3n) is 23.0. The van der Waals surface area contributed by atoms with Crippen molar-refractivity contribution in [3.8, 4) is 102 Å². The third kappa shape index (κ3) is 13.4. The molecule has 0 saturated heterocycles. The number of hydrogen-bond donors (Lipinski definition) is 0. The highest BCUT2D eigenvalue weighted by Crippen LogP contribution is 2.40. The van der Waals surface area contributed by atoms with Gasteiger partial charge in [-0.2, -0.15) is 0 Å². The smallest absolute Gasteiger partial charge is 0.164 e. The van der Waals surface area contributed by atoms with E-state index in [1.54, 1.807) is 0 Å². The largest absolute Gasteiger partial charge is 0.208 e. The molecule has 21 aromatic carbocycles. The van der Waals surface area contributed by atoms with Gasteiger partial charge in [0.1, 0.15) is 0 Å². The van der Waals surface area contributed by atoms with E-state index in [4.69, 9.17) is 44.9 Å². The average Bonchev–Trinajstić information content (AvgIpc) is 0.700. The van der Waals surface area contributed by atoms with Crippen molar-refractivity contribution >= 4 is 129 Å². The zero-order valence-corrected chi connectivity index (χ0v) is 64.9. The minimum Gasteiger partial charge on any atom is -0.208 e. The summed E-state index contributed by atoms with van der Waals surface area (Å²) >= 11 is 0. The van der Waals surface area contributed by atoms with Gasteiger partial charge in [-0.3, -0.25) is 0 Å². The van der Waals surface area contributed by atoms with E-state index in [-0.39, 0.29) is 0 Å². The Kier molecular flexibility index (Phi) is 17.7. The Labute approximate surface area is 690 Å². The van der Waals surface area contributed by atoms with E-state index in [2.05, 4.69) is 328 Å². The molecule has 9 heteroatoms. The number of rotatable bonds is 9. The summed E-state index contributed by atoms with van der Waals surface area (Å²) in [6, 6.07) is 146. The van der Waals surface area contributed by atoms with Crippen molar-refractivity contribution in [1.82, 2.24) is 44.9 Å². The lowest BCUT2D eigenvalue weighted by Crippen LogP contribution is -2.00. The molecule has 0 fully saturated rings. The third-order valence-corrected chi connectivity index (χ3v) is 23.0. The molecule has 0 amide bonds. The maximum atomic E-state index is 5.08. The topological polar surface area (TPSA) is 116 Å². The van der Waals surface area contributed by atoms with Crippen molar-refractivity contribution in [2.75, 3.05) is 0 Å². The zero-order valence-electron chi connectivity index (χ0n) is 64.9. The van der Waals surface area contributed by atoms with Crippen LogP contribution in [0.2, 0.25) is 0 Å². The summed E-state index contributed by atoms with van der Waals surface area (Å²) in [5.74, 6) is 5.98. The molecule has 9 nitrogen and oxygen atoms in total. The standard InChI is InChI=1S/C41H25N3.C37H23N3.C33H21N3/c1-3-10-30-23-32(16-13-26(30)7-1)39-42-40(33-17-14-27-8-2-4-11-31(27)24-33)44-41(43-39)34-18-15-29-20-21-36-35-12-6-5-9-28(35)19-22-37(36)38(29)25-34;1-2-10-27(11-3-1)35-38-36(29-16-14-24-8-4-5-12-28(24)22-29)40-37(39-35)30-17-15-26-19-20-32-31-13-7-6-9-25(31)18-21-33(32)34(26)23-30;1-3-10-24(11-4-1)31-34-32(25-12-5-2-6-13-25)36-33(35-31)26-16-15-23-18-19-28-27-14-8-7-9-22(27)17-20-29(28)30(23)21-26/h1-25H;1-23H;1-21H. The van der Waals surface area contributed by atoms with Gasteiger partial charge in [-0.15, -0.1) is 0 Å². The Balaban J connectivity index is 0.000000109. The molecular formula is C111H69N9. The summed E-state index contributed by atoms with van der Waals surface area (Å²) in [5, 5.41) is 29.1. The molecule has 0 N–H and O–H groups in total. The van der Waals surface area contributed by atoms with Crippen molar-refractivity contribution in [1.29, 1.82) is 0 Å². The molecule has 0 saturated carbocycles. The molecule has 0 aliphatic carbocycles. The van der Waals surface area contributed by atoms with Crippen molar-refractivity contribution in [2.45, 2.75) is 0 Å². The molecule has 0 aliphatic heterocycles. The molecule has 0 bridgehead atoms. The van der Waals surface area contributed by atoms with Crippen LogP contribution in [0.3, 0.4) is 0 Å². The minimum absolute atomic E-state index is 0.658. The van der Waals surface area contributed by atoms with Crippen molar-refractivity contribution in [2.24, 2.45) is 0 Å². The number of aromatic nitrogens is 9. The van der Waals surface area contributed by atoms with Crippen LogP contribution in [0.15, 0.2) is 419 Å². The van der Waals surface area contributed by atoms with Crippen molar-refractivity contribution < 1.29 is 0 Å². The average molecular weight is 1530 g/mol. The highest BCUT2D eigenvalue weighted by molar-refractivity contribution is 6.20. The van der Waals surface area contributed by atoms with Crippen LogP contribution in [0.5, 0.6) is 0 Å². The van der Waals surface area contributed by atoms with Gasteiger partial charge in [-0.25, -0.2) is 44.9 Å². The fourth-order valence-corrected chi connectivity index (χ4v) is 16.9. The second-order valence-electron chi connectivity index (χ2n) is 30.4. The van der Waals surface area contributed by atoms with Gasteiger partial charge >= 0.3 is 0 Å². The van der Waals surface area contributed by atoms with Gasteiger partial charge in [0.25, 0.3) is 0 Å². The Bertz CT molecular complexity index is 8030. The highest BCUT2D eigenvalue weighted by Gasteiger charge is 2.20. The van der Waals surface area contributed by atoms with Crippen LogP contribution < -0.4 is 0 Å². The number of nitrogens with zero attached hydrogens (tertiary/aromatic N) is 9. The zero-order chi connectivity index (χ0) is 79.4. The van der Waals surface area contributed by atoms with E-state index in [0.29, 0.717) is 52.4 Å². The lowest BCUT2D eigenvalue weighted by atomic mass is 9.96. The van der Waals surface area contributed by atoms with Crippen LogP contribution in [0, 0.1) is 0 Å². The van der Waals surface area contributed by atoms with E-state index in [9.17, 15) is 0 Å². The fourth-order valence-electron chi connectivity index (χ4n) is 16.9. The molecule has 24 rings (SSSR count). The van der Waals surface area contributed by atoms with Gasteiger partial charge in [-0.1, -0.05) is 382 Å². The van der Waals surface area contributed by atoms with E-state index in [1.165, 1.54) is 113 Å². The molecule has 0 atom stereocenters. The molecule has 3 heterocycles. The van der Waals surface area contributed by atoms with Crippen LogP contribution in [-0.4, -0.2) is 44.9 Å². The van der Waals surface area contributed by atoms with Gasteiger partial charge in [0.15, 0.2) is 52.4 Å². The van der Waals surface area contributed by atoms with Crippen molar-refractivity contribution in [3.05, 3.63) is 419 Å². The molecule has 0 spiro atoms. The first-order valence-corrected chi connectivity index (χ1v) is 40.4. The normalized spacial score (nSPS) is 11.5.